The monoisotopic (exact) mass is 864 g/mol. The summed E-state index contributed by atoms with van der Waals surface area (Å²) in [5.74, 6) is -3.53. The number of anilines is 1. The van der Waals surface area contributed by atoms with Crippen molar-refractivity contribution in [2.24, 2.45) is 11.7 Å². The molecule has 5 amide bonds. The Balaban J connectivity index is 0.988. The predicted molar refractivity (Wildman–Crippen MR) is 232 cm³/mol. The van der Waals surface area contributed by atoms with Gasteiger partial charge in [-0.2, -0.15) is 0 Å². The van der Waals surface area contributed by atoms with Crippen molar-refractivity contribution in [3.05, 3.63) is 118 Å². The highest BCUT2D eigenvalue weighted by Gasteiger charge is 2.45. The summed E-state index contributed by atoms with van der Waals surface area (Å²) in [7, 11) is 1.53. The van der Waals surface area contributed by atoms with E-state index in [4.69, 9.17) is 26.8 Å². The van der Waals surface area contributed by atoms with Gasteiger partial charge in [0.25, 0.3) is 17.7 Å². The van der Waals surface area contributed by atoms with Gasteiger partial charge in [0.15, 0.2) is 11.6 Å². The topological polar surface area (TPSA) is 172 Å². The van der Waals surface area contributed by atoms with Crippen LogP contribution in [0.15, 0.2) is 78.9 Å². The second-order valence-corrected chi connectivity index (χ2v) is 16.9. The number of nitrogens with zero attached hydrogens (tertiary/aromatic N) is 2. The maximum absolute atomic E-state index is 16.8. The number of nitrogens with one attached hydrogen (secondary N) is 3. The molecule has 8 rings (SSSR count). The number of methoxy groups -OCH3 is 1. The Bertz CT molecular complexity index is 2370. The molecule has 3 aliphatic heterocycles. The van der Waals surface area contributed by atoms with Crippen LogP contribution in [0.5, 0.6) is 5.75 Å². The van der Waals surface area contributed by atoms with Gasteiger partial charge in [-0.25, -0.2) is 4.39 Å². The second-order valence-electron chi connectivity index (χ2n) is 16.5. The van der Waals surface area contributed by atoms with Crippen LogP contribution in [-0.4, -0.2) is 99.1 Å². The molecule has 3 heterocycles. The maximum Gasteiger partial charge on any atom is 0.262 e. The third-order valence-electron chi connectivity index (χ3n) is 12.4. The van der Waals surface area contributed by atoms with Crippen LogP contribution in [0.2, 0.25) is 5.02 Å². The van der Waals surface area contributed by atoms with Crippen LogP contribution in [0.3, 0.4) is 0 Å². The Kier molecular flexibility index (Phi) is 13.0. The molecule has 4 aromatic rings. The van der Waals surface area contributed by atoms with Gasteiger partial charge in [-0.15, -0.1) is 0 Å². The van der Waals surface area contributed by atoms with Gasteiger partial charge in [0.1, 0.15) is 12.6 Å². The molecule has 4 aliphatic rings. The van der Waals surface area contributed by atoms with E-state index in [-0.39, 0.29) is 83.5 Å². The molecule has 324 valence electrons. The summed E-state index contributed by atoms with van der Waals surface area (Å²) in [5, 5.41) is 9.26. The number of nitrogens with two attached hydrogens (primary N) is 1. The third-order valence-corrected chi connectivity index (χ3v) is 12.8. The Morgan fingerprint density at radius 1 is 0.887 bits per heavy atom. The largest absolute Gasteiger partial charge is 0.488 e. The van der Waals surface area contributed by atoms with Crippen molar-refractivity contribution in [3.8, 4) is 16.9 Å². The van der Waals surface area contributed by atoms with Crippen molar-refractivity contribution < 1.29 is 37.8 Å². The van der Waals surface area contributed by atoms with Crippen molar-refractivity contribution in [3.63, 3.8) is 0 Å². The molecule has 5 N–H and O–H groups in total. The molecule has 2 unspecified atom stereocenters. The van der Waals surface area contributed by atoms with E-state index in [9.17, 15) is 24.0 Å². The second kappa shape index (κ2) is 18.7. The highest BCUT2D eigenvalue weighted by atomic mass is 35.5. The Morgan fingerprint density at radius 2 is 1.65 bits per heavy atom. The van der Waals surface area contributed by atoms with Crippen LogP contribution in [0.25, 0.3) is 11.1 Å². The van der Waals surface area contributed by atoms with E-state index in [2.05, 4.69) is 28.1 Å². The van der Waals surface area contributed by atoms with E-state index in [0.717, 1.165) is 41.7 Å². The Labute approximate surface area is 364 Å². The summed E-state index contributed by atoms with van der Waals surface area (Å²) in [6, 6.07) is 23.2. The lowest BCUT2D eigenvalue weighted by Crippen LogP contribution is -2.54. The lowest BCUT2D eigenvalue weighted by atomic mass is 9.87. The van der Waals surface area contributed by atoms with Crippen molar-refractivity contribution in [2.75, 3.05) is 51.4 Å². The molecule has 15 heteroatoms. The number of hydrogen-bond donors (Lipinski definition) is 4. The molecule has 2 saturated heterocycles. The van der Waals surface area contributed by atoms with Gasteiger partial charge in [-0.1, -0.05) is 48.0 Å². The molecule has 0 bridgehead atoms. The minimum absolute atomic E-state index is 0.0282. The Hall–Kier alpha value is -5.67. The highest BCUT2D eigenvalue weighted by molar-refractivity contribution is 6.33. The number of imide groups is 2. The van der Waals surface area contributed by atoms with Gasteiger partial charge in [-0.3, -0.25) is 34.2 Å². The molecular formula is C47H50ClFN6O7. The summed E-state index contributed by atoms with van der Waals surface area (Å²) < 4.78 is 27.7. The number of ether oxygens (including phenoxy) is 2. The fourth-order valence-electron chi connectivity index (χ4n) is 8.93. The number of halogens is 2. The van der Waals surface area contributed by atoms with Crippen LogP contribution < -0.4 is 31.3 Å². The molecule has 0 radical (unpaired) electrons. The van der Waals surface area contributed by atoms with Crippen LogP contribution in [0.1, 0.15) is 86.6 Å². The van der Waals surface area contributed by atoms with Gasteiger partial charge in [0.2, 0.25) is 11.8 Å². The van der Waals surface area contributed by atoms with Crippen molar-refractivity contribution in [1.82, 2.24) is 20.9 Å². The number of hydrogen-bond acceptors (Lipinski definition) is 10. The third kappa shape index (κ3) is 8.96. The maximum atomic E-state index is 16.8. The first-order valence-corrected chi connectivity index (χ1v) is 21.5. The average molecular weight is 865 g/mol. The highest BCUT2D eigenvalue weighted by Crippen LogP contribution is 2.40. The zero-order valence-electron chi connectivity index (χ0n) is 34.5. The fraction of sp³-hybridized carbons (Fsp3) is 0.383. The predicted octanol–water partition coefficient (Wildman–Crippen LogP) is 5.43. The zero-order valence-corrected chi connectivity index (χ0v) is 35.2. The first-order chi connectivity index (χ1) is 30.0. The first kappa shape index (κ1) is 43.0. The van der Waals surface area contributed by atoms with Crippen LogP contribution in [0, 0.1) is 11.7 Å². The number of piperidine rings is 1. The quantitative estimate of drug-likeness (QED) is 0.0893. The molecule has 0 spiro atoms. The summed E-state index contributed by atoms with van der Waals surface area (Å²) in [4.78, 5) is 67.8. The van der Waals surface area contributed by atoms with E-state index in [1.54, 1.807) is 30.3 Å². The average Bonchev–Trinajstić information content (AvgIpc) is 3.50. The zero-order chi connectivity index (χ0) is 43.5. The first-order valence-electron chi connectivity index (χ1n) is 21.2. The van der Waals surface area contributed by atoms with E-state index < -0.39 is 41.4 Å². The number of carbonyl (C=O) groups excluding carboxylic acids is 5. The van der Waals surface area contributed by atoms with Crippen molar-refractivity contribution in [2.45, 2.75) is 62.6 Å². The number of benzene rings is 4. The number of amides is 5. The van der Waals surface area contributed by atoms with Gasteiger partial charge < -0.3 is 30.7 Å². The number of fused-ring (bicyclic) bond motifs is 1. The lowest BCUT2D eigenvalue weighted by molar-refractivity contribution is -0.136. The standard InChI is InChI=1S/C47H50ClFN6O7/c1-61-19-20-62-40-17-14-34(42(43(40)49)36-21-29(7-15-38(36)48)37(28-5-3-2-4-6-28)24-51-31-10-8-30(50)9-11-31)44(57)52-23-27-25-54(26-27)32-12-13-33-35(22-32)47(60)55(46(33)59)39-16-18-41(56)53-45(39)58/h2-7,12-15,17,21-22,27,30-31,37,39,51H,8-11,16,18-20,23-26,50H2,1H3,(H,52,57)(H,53,56,58). The number of carbonyl (C=O) groups is 5. The van der Waals surface area contributed by atoms with Crippen LogP contribution in [-0.2, 0) is 14.3 Å². The molecule has 13 nitrogen and oxygen atoms in total. The Morgan fingerprint density at radius 3 is 2.39 bits per heavy atom. The molecule has 62 heavy (non-hydrogen) atoms. The van der Waals surface area contributed by atoms with Crippen LogP contribution >= 0.6 is 11.6 Å². The van der Waals surface area contributed by atoms with Crippen molar-refractivity contribution in [1.29, 1.82) is 0 Å². The van der Waals surface area contributed by atoms with E-state index in [0.29, 0.717) is 36.9 Å². The molecule has 3 fully saturated rings. The fourth-order valence-corrected chi connectivity index (χ4v) is 9.14. The summed E-state index contributed by atoms with van der Waals surface area (Å²) >= 11 is 6.90. The number of rotatable bonds is 15. The lowest BCUT2D eigenvalue weighted by Gasteiger charge is -2.41. The van der Waals surface area contributed by atoms with E-state index >= 15 is 4.39 Å². The molecule has 0 aromatic heterocycles. The van der Waals surface area contributed by atoms with Gasteiger partial charge >= 0.3 is 0 Å². The molecule has 1 aliphatic carbocycles. The minimum atomic E-state index is -1.05. The summed E-state index contributed by atoms with van der Waals surface area (Å²) in [5.41, 5.74) is 9.78. The van der Waals surface area contributed by atoms with Crippen LogP contribution in [0.4, 0.5) is 10.1 Å². The SMILES string of the molecule is COCCOc1ccc(C(=O)NCC2CN(c3ccc4c(c3)C(=O)N(C3CCC(=O)NC3=O)C4=O)C2)c(-c2cc(C(CNC3CCC(N)CC3)c3ccccc3)ccc2Cl)c1F. The van der Waals surface area contributed by atoms with E-state index in [1.807, 2.05) is 35.2 Å². The molecular weight excluding hydrogens is 815 g/mol. The van der Waals surface area contributed by atoms with Gasteiger partial charge in [0, 0.05) is 85.5 Å². The van der Waals surface area contributed by atoms with E-state index in [1.165, 1.54) is 13.2 Å². The molecule has 4 aromatic carbocycles. The van der Waals surface area contributed by atoms with Gasteiger partial charge in [-0.05, 0) is 85.7 Å². The summed E-state index contributed by atoms with van der Waals surface area (Å²) in [6.45, 7) is 2.36. The normalized spacial score (nSPS) is 20.7. The minimum Gasteiger partial charge on any atom is -0.488 e. The molecule has 1 saturated carbocycles. The smallest absolute Gasteiger partial charge is 0.262 e. The van der Waals surface area contributed by atoms with Crippen molar-refractivity contribution >= 4 is 46.8 Å². The summed E-state index contributed by atoms with van der Waals surface area (Å²) in [6.07, 6.45) is 4.05. The van der Waals surface area contributed by atoms with Gasteiger partial charge in [0.05, 0.1) is 23.3 Å². The molecule has 2 atom stereocenters.